The molecule has 1 heterocycles. The molecule has 0 fully saturated rings. The van der Waals surface area contributed by atoms with Crippen LogP contribution in [0, 0.1) is 13.8 Å². The molecule has 0 spiro atoms. The van der Waals surface area contributed by atoms with Crippen LogP contribution in [0.25, 0.3) is 0 Å². The summed E-state index contributed by atoms with van der Waals surface area (Å²) in [5, 5.41) is 4.27. The first-order valence-electron chi connectivity index (χ1n) is 3.39. The predicted molar refractivity (Wildman–Crippen MR) is 44.6 cm³/mol. The molecule has 0 bridgehead atoms. The van der Waals surface area contributed by atoms with Crippen molar-refractivity contribution >= 4 is 12.6 Å². The summed E-state index contributed by atoms with van der Waals surface area (Å²) in [7, 11) is 0. The van der Waals surface area contributed by atoms with Crippen molar-refractivity contribution in [1.82, 2.24) is 9.78 Å². The molecule has 1 aromatic heterocycles. The molecule has 0 unspecified atom stereocenters. The van der Waals surface area contributed by atoms with Crippen molar-refractivity contribution in [1.29, 1.82) is 0 Å². The van der Waals surface area contributed by atoms with Gasteiger partial charge in [0.2, 0.25) is 0 Å². The van der Waals surface area contributed by atoms with Gasteiger partial charge in [-0.2, -0.15) is 5.10 Å². The van der Waals surface area contributed by atoms with Crippen molar-refractivity contribution in [3.05, 3.63) is 11.4 Å². The zero-order valence-corrected chi connectivity index (χ0v) is 7.44. The van der Waals surface area contributed by atoms with Gasteiger partial charge in [-0.05, 0) is 20.8 Å². The molecular weight excluding hydrogens is 144 g/mol. The summed E-state index contributed by atoms with van der Waals surface area (Å²) in [6.45, 7) is 7.01. The van der Waals surface area contributed by atoms with Gasteiger partial charge in [-0.25, -0.2) is 0 Å². The van der Waals surface area contributed by atoms with Crippen molar-refractivity contribution in [3.8, 4) is 0 Å². The van der Waals surface area contributed by atoms with Gasteiger partial charge < -0.3 is 0 Å². The first kappa shape index (κ1) is 7.66. The van der Waals surface area contributed by atoms with E-state index in [-0.39, 0.29) is 0 Å². The second-order valence-corrected chi connectivity index (χ2v) is 2.78. The van der Waals surface area contributed by atoms with Crippen LogP contribution in [-0.4, -0.2) is 9.78 Å². The lowest BCUT2D eigenvalue weighted by Crippen LogP contribution is -1.98. The molecule has 0 aromatic carbocycles. The van der Waals surface area contributed by atoms with Gasteiger partial charge in [0, 0.05) is 17.1 Å². The van der Waals surface area contributed by atoms with Crippen LogP contribution >= 0.6 is 12.6 Å². The molecule has 0 aliphatic rings. The van der Waals surface area contributed by atoms with Crippen LogP contribution in [0.3, 0.4) is 0 Å². The van der Waals surface area contributed by atoms with E-state index in [1.165, 1.54) is 0 Å². The lowest BCUT2D eigenvalue weighted by atomic mass is 10.4. The fourth-order valence-electron chi connectivity index (χ4n) is 0.995. The van der Waals surface area contributed by atoms with E-state index >= 15 is 0 Å². The van der Waals surface area contributed by atoms with E-state index in [0.29, 0.717) is 0 Å². The first-order chi connectivity index (χ1) is 4.66. The highest BCUT2D eigenvalue weighted by atomic mass is 32.1. The van der Waals surface area contributed by atoms with Gasteiger partial charge in [0.15, 0.2) is 0 Å². The molecule has 0 saturated heterocycles. The van der Waals surface area contributed by atoms with E-state index in [1.54, 1.807) is 0 Å². The molecule has 0 amide bonds. The number of aryl methyl sites for hydroxylation is 2. The monoisotopic (exact) mass is 156 g/mol. The maximum Gasteiger partial charge on any atom is 0.0729 e. The molecule has 0 atom stereocenters. The Bertz CT molecular complexity index is 240. The van der Waals surface area contributed by atoms with E-state index in [1.807, 2.05) is 18.5 Å². The molecule has 2 nitrogen and oxygen atoms in total. The quantitative estimate of drug-likeness (QED) is 0.614. The highest BCUT2D eigenvalue weighted by molar-refractivity contribution is 7.80. The minimum absolute atomic E-state index is 0.924. The molecule has 1 aromatic rings. The minimum atomic E-state index is 0.924. The Morgan fingerprint density at radius 1 is 1.50 bits per heavy atom. The first-order valence-corrected chi connectivity index (χ1v) is 3.84. The second kappa shape index (κ2) is 2.66. The molecule has 0 saturated carbocycles. The third-order valence-electron chi connectivity index (χ3n) is 1.64. The third kappa shape index (κ3) is 1.06. The number of thiol groups is 1. The highest BCUT2D eigenvalue weighted by Crippen LogP contribution is 2.16. The number of nitrogens with zero attached hydrogens (tertiary/aromatic N) is 2. The van der Waals surface area contributed by atoms with Crippen molar-refractivity contribution in [2.45, 2.75) is 32.2 Å². The largest absolute Gasteiger partial charge is 0.269 e. The summed E-state index contributed by atoms with van der Waals surface area (Å²) in [4.78, 5) is 1.02. The minimum Gasteiger partial charge on any atom is -0.269 e. The lowest BCUT2D eigenvalue weighted by Gasteiger charge is -1.96. The van der Waals surface area contributed by atoms with Gasteiger partial charge in [-0.15, -0.1) is 12.6 Å². The van der Waals surface area contributed by atoms with Gasteiger partial charge in [-0.3, -0.25) is 4.68 Å². The molecular formula is C7H12N2S. The SMILES string of the molecule is CCn1nc(C)c(S)c1C. The van der Waals surface area contributed by atoms with E-state index in [2.05, 4.69) is 24.7 Å². The predicted octanol–water partition coefficient (Wildman–Crippen LogP) is 1.81. The standard InChI is InChI=1S/C7H12N2S/c1-4-9-6(3)7(10)5(2)8-9/h10H,4H2,1-3H3. The topological polar surface area (TPSA) is 17.8 Å². The Hall–Kier alpha value is -0.440. The zero-order valence-electron chi connectivity index (χ0n) is 6.55. The number of hydrogen-bond acceptors (Lipinski definition) is 2. The van der Waals surface area contributed by atoms with Gasteiger partial charge in [0.25, 0.3) is 0 Å². The van der Waals surface area contributed by atoms with E-state index < -0.39 is 0 Å². The molecule has 0 N–H and O–H groups in total. The van der Waals surface area contributed by atoms with Crippen molar-refractivity contribution in [2.75, 3.05) is 0 Å². The molecule has 0 aliphatic carbocycles. The Labute approximate surface area is 66.7 Å². The molecule has 1 rings (SSSR count). The maximum absolute atomic E-state index is 4.30. The van der Waals surface area contributed by atoms with Crippen LogP contribution in [0.4, 0.5) is 0 Å². The molecule has 0 aliphatic heterocycles. The van der Waals surface area contributed by atoms with E-state index in [9.17, 15) is 0 Å². The van der Waals surface area contributed by atoms with Crippen molar-refractivity contribution in [2.24, 2.45) is 0 Å². The summed E-state index contributed by atoms with van der Waals surface area (Å²) in [5.41, 5.74) is 2.17. The summed E-state index contributed by atoms with van der Waals surface area (Å²) in [5.74, 6) is 0. The van der Waals surface area contributed by atoms with Crippen LogP contribution in [0.2, 0.25) is 0 Å². The number of aromatic nitrogens is 2. The van der Waals surface area contributed by atoms with Crippen LogP contribution in [0.5, 0.6) is 0 Å². The molecule has 0 radical (unpaired) electrons. The zero-order chi connectivity index (χ0) is 7.72. The van der Waals surface area contributed by atoms with Crippen LogP contribution in [0.1, 0.15) is 18.3 Å². The number of rotatable bonds is 1. The van der Waals surface area contributed by atoms with Crippen LogP contribution < -0.4 is 0 Å². The average molecular weight is 156 g/mol. The van der Waals surface area contributed by atoms with Crippen LogP contribution in [-0.2, 0) is 6.54 Å². The fourth-order valence-corrected chi connectivity index (χ4v) is 1.16. The normalized spacial score (nSPS) is 10.4. The van der Waals surface area contributed by atoms with Gasteiger partial charge in [0.05, 0.1) is 5.69 Å². The summed E-state index contributed by atoms with van der Waals surface area (Å²) >= 11 is 4.30. The molecule has 56 valence electrons. The summed E-state index contributed by atoms with van der Waals surface area (Å²) in [6.07, 6.45) is 0. The Kier molecular flexibility index (Phi) is 2.04. The maximum atomic E-state index is 4.30. The van der Waals surface area contributed by atoms with Crippen molar-refractivity contribution < 1.29 is 0 Å². The van der Waals surface area contributed by atoms with Gasteiger partial charge in [-0.1, -0.05) is 0 Å². The molecule has 10 heavy (non-hydrogen) atoms. The summed E-state index contributed by atoms with van der Waals surface area (Å²) < 4.78 is 1.96. The Morgan fingerprint density at radius 2 is 2.10 bits per heavy atom. The van der Waals surface area contributed by atoms with E-state index in [4.69, 9.17) is 0 Å². The average Bonchev–Trinajstić information content (AvgIpc) is 2.17. The Morgan fingerprint density at radius 3 is 2.30 bits per heavy atom. The lowest BCUT2D eigenvalue weighted by molar-refractivity contribution is 0.633. The Balaban J connectivity index is 3.17. The summed E-state index contributed by atoms with van der Waals surface area (Å²) in [6, 6.07) is 0. The smallest absolute Gasteiger partial charge is 0.0729 e. The molecule has 3 heteroatoms. The third-order valence-corrected chi connectivity index (χ3v) is 2.29. The van der Waals surface area contributed by atoms with Gasteiger partial charge >= 0.3 is 0 Å². The van der Waals surface area contributed by atoms with Crippen molar-refractivity contribution in [3.63, 3.8) is 0 Å². The number of hydrogen-bond donors (Lipinski definition) is 1. The van der Waals surface area contributed by atoms with E-state index in [0.717, 1.165) is 22.8 Å². The van der Waals surface area contributed by atoms with Gasteiger partial charge in [0.1, 0.15) is 0 Å². The fraction of sp³-hybridized carbons (Fsp3) is 0.571. The highest BCUT2D eigenvalue weighted by Gasteiger charge is 2.04. The van der Waals surface area contributed by atoms with Crippen LogP contribution in [0.15, 0.2) is 4.90 Å². The second-order valence-electron chi connectivity index (χ2n) is 2.34.